The van der Waals surface area contributed by atoms with Gasteiger partial charge in [-0.3, -0.25) is 10.1 Å². The fourth-order valence-electron chi connectivity index (χ4n) is 4.32. The second kappa shape index (κ2) is 10.0. The highest BCUT2D eigenvalue weighted by atomic mass is 32.2. The van der Waals surface area contributed by atoms with E-state index in [1.165, 1.54) is 55.0 Å². The van der Waals surface area contributed by atoms with Crippen molar-refractivity contribution in [1.82, 2.24) is 19.2 Å². The van der Waals surface area contributed by atoms with Gasteiger partial charge in [0.05, 0.1) is 23.1 Å². The highest BCUT2D eigenvalue weighted by molar-refractivity contribution is 7.89. The van der Waals surface area contributed by atoms with Gasteiger partial charge in [0.1, 0.15) is 0 Å². The van der Waals surface area contributed by atoms with Gasteiger partial charge in [0.2, 0.25) is 10.0 Å². The summed E-state index contributed by atoms with van der Waals surface area (Å²) in [6, 6.07) is 8.83. The molecule has 0 bridgehead atoms. The number of anilines is 1. The smallest absolute Gasteiger partial charge is 0.436 e. The van der Waals surface area contributed by atoms with Crippen LogP contribution in [0.15, 0.2) is 47.5 Å². The molecule has 2 aromatic heterocycles. The number of methoxy groups -OCH3 is 1. The van der Waals surface area contributed by atoms with Gasteiger partial charge in [-0.1, -0.05) is 0 Å². The number of halogens is 3. The topological polar surface area (TPSA) is 122 Å². The average Bonchev–Trinajstić information content (AvgIpc) is 3.28. The fourth-order valence-corrected chi connectivity index (χ4v) is 5.79. The normalized spacial score (nSPS) is 15.5. The number of hydrogen-bond donors (Lipinski definition) is 2. The molecule has 0 saturated carbocycles. The monoisotopic (exact) mass is 539 g/mol. The van der Waals surface area contributed by atoms with Crippen LogP contribution in [0.4, 0.5) is 23.7 Å². The van der Waals surface area contributed by atoms with Gasteiger partial charge < -0.3 is 10.1 Å². The molecule has 0 unspecified atom stereocenters. The Hall–Kier alpha value is -3.65. The van der Waals surface area contributed by atoms with E-state index in [1.54, 1.807) is 6.07 Å². The summed E-state index contributed by atoms with van der Waals surface area (Å²) in [5, 5.41) is 8.24. The molecule has 1 aliphatic heterocycles. The molecule has 1 fully saturated rings. The van der Waals surface area contributed by atoms with Crippen molar-refractivity contribution in [3.63, 3.8) is 0 Å². The summed E-state index contributed by atoms with van der Waals surface area (Å²) in [4.78, 5) is 23.6. The number of nitrogens with one attached hydrogen (secondary N) is 2. The van der Waals surface area contributed by atoms with Crippen LogP contribution in [0.1, 0.15) is 40.4 Å². The molecule has 4 rings (SSSR count). The van der Waals surface area contributed by atoms with E-state index in [1.807, 2.05) is 0 Å². The number of sulfonamides is 1. The Balaban J connectivity index is 1.52. The number of pyridine rings is 1. The molecule has 3 aromatic rings. The molecule has 0 atom stereocenters. The highest BCUT2D eigenvalue weighted by Gasteiger charge is 2.40. The van der Waals surface area contributed by atoms with Crippen LogP contribution in [0, 0.1) is 0 Å². The van der Waals surface area contributed by atoms with Gasteiger partial charge in [0, 0.05) is 32.0 Å². The Morgan fingerprint density at radius 3 is 2.32 bits per heavy atom. The molecule has 3 heterocycles. The zero-order valence-corrected chi connectivity index (χ0v) is 20.7. The Kier molecular flexibility index (Phi) is 7.15. The first-order valence-electron chi connectivity index (χ1n) is 11.2. The largest absolute Gasteiger partial charge is 0.453 e. The van der Waals surface area contributed by atoms with Crippen molar-refractivity contribution in [2.24, 2.45) is 0 Å². The van der Waals surface area contributed by atoms with E-state index in [-0.39, 0.29) is 29.4 Å². The second-order valence-electron chi connectivity index (χ2n) is 8.41. The molecule has 14 heteroatoms. The maximum atomic E-state index is 13.5. The number of alkyl halides is 3. The summed E-state index contributed by atoms with van der Waals surface area (Å²) in [6.07, 6.45) is -3.23. The molecule has 0 spiro atoms. The standard InChI is InChI=1S/C23H24F3N5O5S/c1-27-21(32)19-18-13-15(9-12-31(18)29-20(19)23(24,25)26)14-7-10-30(11-8-14)37(34,35)17-5-3-16(4-6-17)28-22(33)36-2/h3-6,9,12-14H,7-8,10-11H2,1-2H3,(H,27,32)(H,28,33). The van der Waals surface area contributed by atoms with Gasteiger partial charge in [0.25, 0.3) is 5.91 Å². The lowest BCUT2D eigenvalue weighted by Gasteiger charge is -2.31. The molecule has 2 N–H and O–H groups in total. The molecule has 10 nitrogen and oxygen atoms in total. The molecule has 37 heavy (non-hydrogen) atoms. The first kappa shape index (κ1) is 26.4. The number of ether oxygens (including phenoxy) is 1. The summed E-state index contributed by atoms with van der Waals surface area (Å²) in [6.45, 7) is 0.408. The number of carbonyl (C=O) groups excluding carboxylic acids is 2. The third-order valence-electron chi connectivity index (χ3n) is 6.23. The van der Waals surface area contributed by atoms with Crippen LogP contribution in [0.2, 0.25) is 0 Å². The average molecular weight is 540 g/mol. The fraction of sp³-hybridized carbons (Fsp3) is 0.348. The van der Waals surface area contributed by atoms with Gasteiger partial charge in [-0.15, -0.1) is 0 Å². The Labute approximate surface area is 210 Å². The second-order valence-corrected chi connectivity index (χ2v) is 10.3. The first-order chi connectivity index (χ1) is 17.5. The van der Waals surface area contributed by atoms with Crippen LogP contribution in [0.5, 0.6) is 0 Å². The number of amides is 2. The zero-order chi connectivity index (χ0) is 27.0. The number of hydrogen-bond acceptors (Lipinski definition) is 6. The Morgan fingerprint density at radius 2 is 1.76 bits per heavy atom. The number of piperidine rings is 1. The molecule has 0 aliphatic carbocycles. The van der Waals surface area contributed by atoms with Crippen LogP contribution < -0.4 is 10.6 Å². The minimum Gasteiger partial charge on any atom is -0.453 e. The third-order valence-corrected chi connectivity index (χ3v) is 8.14. The van der Waals surface area contributed by atoms with Gasteiger partial charge in [-0.2, -0.15) is 22.6 Å². The summed E-state index contributed by atoms with van der Waals surface area (Å²) < 4.78 is 73.5. The molecule has 1 aromatic carbocycles. The van der Waals surface area contributed by atoms with Crippen LogP contribution in [-0.2, 0) is 20.9 Å². The van der Waals surface area contributed by atoms with Gasteiger partial charge in [-0.25, -0.2) is 17.7 Å². The summed E-state index contributed by atoms with van der Waals surface area (Å²) in [5.74, 6) is -1.02. The number of carbonyl (C=O) groups is 2. The SMILES string of the molecule is CNC(=O)c1c(C(F)(F)F)nn2ccc(C3CCN(S(=O)(=O)c4ccc(NC(=O)OC)cc4)CC3)cc12. The lowest BCUT2D eigenvalue weighted by atomic mass is 9.90. The lowest BCUT2D eigenvalue weighted by molar-refractivity contribution is -0.141. The van der Waals surface area contributed by atoms with Gasteiger partial charge >= 0.3 is 12.3 Å². The number of nitrogens with zero attached hydrogens (tertiary/aromatic N) is 3. The molecule has 198 valence electrons. The molecular formula is C23H24F3N5O5S. The van der Waals surface area contributed by atoms with Crippen LogP contribution in [0.3, 0.4) is 0 Å². The van der Waals surface area contributed by atoms with Crippen molar-refractivity contribution in [3.05, 3.63) is 59.4 Å². The van der Waals surface area contributed by atoms with Crippen molar-refractivity contribution >= 4 is 33.2 Å². The van der Waals surface area contributed by atoms with Crippen LogP contribution in [0.25, 0.3) is 5.52 Å². The number of aromatic nitrogens is 2. The molecule has 1 saturated heterocycles. The lowest BCUT2D eigenvalue weighted by Crippen LogP contribution is -2.37. The first-order valence-corrected chi connectivity index (χ1v) is 12.7. The van der Waals surface area contributed by atoms with Gasteiger partial charge in [0.15, 0.2) is 5.69 Å². The minimum atomic E-state index is -4.80. The number of rotatable bonds is 5. The van der Waals surface area contributed by atoms with E-state index >= 15 is 0 Å². The van der Waals surface area contributed by atoms with E-state index in [0.29, 0.717) is 24.1 Å². The van der Waals surface area contributed by atoms with Crippen LogP contribution in [-0.4, -0.2) is 61.6 Å². The predicted molar refractivity (Wildman–Crippen MR) is 127 cm³/mol. The highest BCUT2D eigenvalue weighted by Crippen LogP contribution is 2.36. The van der Waals surface area contributed by atoms with Crippen LogP contribution >= 0.6 is 0 Å². The van der Waals surface area contributed by atoms with Crippen molar-refractivity contribution in [1.29, 1.82) is 0 Å². The quantitative estimate of drug-likeness (QED) is 0.512. The number of benzene rings is 1. The minimum absolute atomic E-state index is 0.0277. The van der Waals surface area contributed by atoms with Crippen molar-refractivity contribution in [2.75, 3.05) is 32.6 Å². The predicted octanol–water partition coefficient (Wildman–Crippen LogP) is 3.46. The molecular weight excluding hydrogens is 515 g/mol. The molecule has 1 aliphatic rings. The van der Waals surface area contributed by atoms with E-state index in [4.69, 9.17) is 0 Å². The summed E-state index contributed by atoms with van der Waals surface area (Å²) >= 11 is 0. The maximum Gasteiger partial charge on any atom is 0.436 e. The van der Waals surface area contributed by atoms with Crippen molar-refractivity contribution in [3.8, 4) is 0 Å². The summed E-state index contributed by atoms with van der Waals surface area (Å²) in [7, 11) is -1.33. The zero-order valence-electron chi connectivity index (χ0n) is 19.9. The molecule has 2 amide bonds. The third kappa shape index (κ3) is 5.25. The summed E-state index contributed by atoms with van der Waals surface area (Å²) in [5.41, 5.74) is -0.717. The van der Waals surface area contributed by atoms with E-state index in [0.717, 1.165) is 4.52 Å². The van der Waals surface area contributed by atoms with Gasteiger partial charge in [-0.05, 0) is 60.7 Å². The van der Waals surface area contributed by atoms with Crippen molar-refractivity contribution < 1.29 is 35.9 Å². The Morgan fingerprint density at radius 1 is 1.11 bits per heavy atom. The Bertz CT molecular complexity index is 1430. The van der Waals surface area contributed by atoms with E-state index in [2.05, 4.69) is 20.5 Å². The van der Waals surface area contributed by atoms with E-state index in [9.17, 15) is 31.2 Å². The maximum absolute atomic E-state index is 13.5. The van der Waals surface area contributed by atoms with Crippen molar-refractivity contribution in [2.45, 2.75) is 29.8 Å². The molecule has 0 radical (unpaired) electrons. The van der Waals surface area contributed by atoms with E-state index < -0.39 is 39.5 Å². The number of fused-ring (bicyclic) bond motifs is 1.